The van der Waals surface area contributed by atoms with E-state index in [4.69, 9.17) is 0 Å². The summed E-state index contributed by atoms with van der Waals surface area (Å²) >= 11 is 0. The van der Waals surface area contributed by atoms with Crippen LogP contribution in [-0.2, 0) is 14.6 Å². The van der Waals surface area contributed by atoms with E-state index in [-0.39, 0.29) is 16.4 Å². The number of benzene rings is 1. The Balaban J connectivity index is 2.33. The van der Waals surface area contributed by atoms with E-state index in [0.717, 1.165) is 24.5 Å². The standard InChI is InChI=1S/C13H15N3O6S/c1-23(21,22)10-6-8(5-9(7-10)16(19)20)12(17)15-11-3-2-4-14-13(11)18/h5-7,11H,2-4H2,1H3,(H,14,18)(H,15,17). The highest BCUT2D eigenvalue weighted by molar-refractivity contribution is 7.90. The van der Waals surface area contributed by atoms with Crippen LogP contribution in [0.2, 0.25) is 0 Å². The van der Waals surface area contributed by atoms with Crippen LogP contribution in [0.1, 0.15) is 23.2 Å². The summed E-state index contributed by atoms with van der Waals surface area (Å²) in [6.07, 6.45) is 2.04. The van der Waals surface area contributed by atoms with E-state index in [1.807, 2.05) is 0 Å². The van der Waals surface area contributed by atoms with Crippen molar-refractivity contribution in [3.63, 3.8) is 0 Å². The number of sulfone groups is 1. The Morgan fingerprint density at radius 3 is 2.65 bits per heavy atom. The molecule has 1 aliphatic rings. The van der Waals surface area contributed by atoms with E-state index in [0.29, 0.717) is 19.4 Å². The summed E-state index contributed by atoms with van der Waals surface area (Å²) in [6, 6.07) is 2.18. The van der Waals surface area contributed by atoms with E-state index >= 15 is 0 Å². The van der Waals surface area contributed by atoms with Gasteiger partial charge >= 0.3 is 0 Å². The zero-order valence-corrected chi connectivity index (χ0v) is 13.1. The van der Waals surface area contributed by atoms with E-state index in [1.54, 1.807) is 0 Å². The highest BCUT2D eigenvalue weighted by Crippen LogP contribution is 2.21. The van der Waals surface area contributed by atoms with Crippen molar-refractivity contribution < 1.29 is 22.9 Å². The highest BCUT2D eigenvalue weighted by atomic mass is 32.2. The van der Waals surface area contributed by atoms with Crippen LogP contribution in [0, 0.1) is 10.1 Å². The van der Waals surface area contributed by atoms with Gasteiger partial charge in [0.25, 0.3) is 11.6 Å². The van der Waals surface area contributed by atoms with Crippen LogP contribution in [0.25, 0.3) is 0 Å². The lowest BCUT2D eigenvalue weighted by Crippen LogP contribution is -2.50. The fourth-order valence-electron chi connectivity index (χ4n) is 2.19. The van der Waals surface area contributed by atoms with Crippen molar-refractivity contribution in [3.05, 3.63) is 33.9 Å². The molecule has 1 aliphatic heterocycles. The number of nitrogens with one attached hydrogen (secondary N) is 2. The van der Waals surface area contributed by atoms with Gasteiger partial charge in [-0.2, -0.15) is 0 Å². The molecular weight excluding hydrogens is 326 g/mol. The van der Waals surface area contributed by atoms with Crippen LogP contribution < -0.4 is 10.6 Å². The van der Waals surface area contributed by atoms with Crippen LogP contribution in [0.15, 0.2) is 23.1 Å². The second kappa shape index (κ2) is 6.32. The summed E-state index contributed by atoms with van der Waals surface area (Å²) in [5.41, 5.74) is -0.691. The van der Waals surface area contributed by atoms with E-state index in [2.05, 4.69) is 10.6 Å². The minimum atomic E-state index is -3.72. The van der Waals surface area contributed by atoms with Crippen LogP contribution >= 0.6 is 0 Å². The second-order valence-electron chi connectivity index (χ2n) is 5.20. The van der Waals surface area contributed by atoms with Crippen molar-refractivity contribution in [1.29, 1.82) is 0 Å². The van der Waals surface area contributed by atoms with Crippen LogP contribution in [0.4, 0.5) is 5.69 Å². The molecule has 0 aromatic heterocycles. The minimum absolute atomic E-state index is 0.182. The van der Waals surface area contributed by atoms with E-state index in [9.17, 15) is 28.1 Å². The first-order chi connectivity index (χ1) is 10.7. The lowest BCUT2D eigenvalue weighted by atomic mass is 10.1. The predicted molar refractivity (Wildman–Crippen MR) is 79.7 cm³/mol. The number of hydrogen-bond donors (Lipinski definition) is 2. The molecule has 9 nitrogen and oxygen atoms in total. The second-order valence-corrected chi connectivity index (χ2v) is 7.22. The lowest BCUT2D eigenvalue weighted by molar-refractivity contribution is -0.385. The molecule has 2 amide bonds. The maximum Gasteiger partial charge on any atom is 0.271 e. The molecule has 0 spiro atoms. The molecule has 1 fully saturated rings. The molecule has 1 aromatic carbocycles. The number of nitro groups is 1. The van der Waals surface area contributed by atoms with Crippen molar-refractivity contribution in [2.75, 3.05) is 12.8 Å². The number of amides is 2. The number of piperidine rings is 1. The van der Waals surface area contributed by atoms with E-state index < -0.39 is 32.4 Å². The van der Waals surface area contributed by atoms with Gasteiger partial charge in [0.2, 0.25) is 5.91 Å². The molecule has 10 heteroatoms. The predicted octanol–water partition coefficient (Wildman–Crippen LogP) is 0.00670. The Bertz CT molecular complexity index is 774. The fourth-order valence-corrected chi connectivity index (χ4v) is 2.86. The first-order valence-electron chi connectivity index (χ1n) is 6.76. The molecule has 1 heterocycles. The summed E-state index contributed by atoms with van der Waals surface area (Å²) in [5.74, 6) is -1.07. The first kappa shape index (κ1) is 16.9. The average Bonchev–Trinajstić information content (AvgIpc) is 2.48. The van der Waals surface area contributed by atoms with Gasteiger partial charge in [0, 0.05) is 30.5 Å². The third-order valence-corrected chi connectivity index (χ3v) is 4.48. The highest BCUT2D eigenvalue weighted by Gasteiger charge is 2.25. The summed E-state index contributed by atoms with van der Waals surface area (Å²) in [6.45, 7) is 0.528. The van der Waals surface area contributed by atoms with Gasteiger partial charge in [-0.3, -0.25) is 19.7 Å². The molecule has 2 N–H and O–H groups in total. The third kappa shape index (κ3) is 4.03. The monoisotopic (exact) mass is 341 g/mol. The van der Waals surface area contributed by atoms with Crippen molar-refractivity contribution in [2.45, 2.75) is 23.8 Å². The van der Waals surface area contributed by atoms with E-state index in [1.165, 1.54) is 0 Å². The summed E-state index contributed by atoms with van der Waals surface area (Å²) < 4.78 is 23.2. The molecule has 0 radical (unpaired) electrons. The smallest absolute Gasteiger partial charge is 0.271 e. The molecule has 1 unspecified atom stereocenters. The van der Waals surface area contributed by atoms with Gasteiger partial charge in [-0.1, -0.05) is 0 Å². The Kier molecular flexibility index (Phi) is 4.64. The summed E-state index contributed by atoms with van der Waals surface area (Å²) in [7, 11) is -3.72. The van der Waals surface area contributed by atoms with Crippen molar-refractivity contribution in [2.24, 2.45) is 0 Å². The molecular formula is C13H15N3O6S. The molecule has 23 heavy (non-hydrogen) atoms. The fraction of sp³-hybridized carbons (Fsp3) is 0.385. The largest absolute Gasteiger partial charge is 0.354 e. The SMILES string of the molecule is CS(=O)(=O)c1cc(C(=O)NC2CCCNC2=O)cc([N+](=O)[O-])c1. The Morgan fingerprint density at radius 2 is 2.09 bits per heavy atom. The van der Waals surface area contributed by atoms with Gasteiger partial charge in [0.05, 0.1) is 9.82 Å². The van der Waals surface area contributed by atoms with Gasteiger partial charge in [-0.15, -0.1) is 0 Å². The molecule has 1 saturated heterocycles. The topological polar surface area (TPSA) is 135 Å². The van der Waals surface area contributed by atoms with Gasteiger partial charge in [-0.25, -0.2) is 8.42 Å². The molecule has 1 atom stereocenters. The lowest BCUT2D eigenvalue weighted by Gasteiger charge is -2.22. The van der Waals surface area contributed by atoms with Crippen molar-refractivity contribution in [3.8, 4) is 0 Å². The summed E-state index contributed by atoms with van der Waals surface area (Å²) in [4.78, 5) is 33.6. The van der Waals surface area contributed by atoms with Crippen molar-refractivity contribution in [1.82, 2.24) is 10.6 Å². The maximum absolute atomic E-state index is 12.2. The first-order valence-corrected chi connectivity index (χ1v) is 8.66. The molecule has 2 rings (SSSR count). The quantitative estimate of drug-likeness (QED) is 0.585. The normalized spacial score (nSPS) is 18.1. The number of non-ortho nitro benzene ring substituents is 1. The maximum atomic E-state index is 12.2. The van der Waals surface area contributed by atoms with Gasteiger partial charge in [0.15, 0.2) is 9.84 Å². The van der Waals surface area contributed by atoms with Crippen LogP contribution in [0.3, 0.4) is 0 Å². The zero-order chi connectivity index (χ0) is 17.2. The van der Waals surface area contributed by atoms with Gasteiger partial charge in [0.1, 0.15) is 6.04 Å². The number of carbonyl (C=O) groups is 2. The number of rotatable bonds is 4. The molecule has 0 bridgehead atoms. The summed E-state index contributed by atoms with van der Waals surface area (Å²) in [5, 5.41) is 16.0. The number of hydrogen-bond acceptors (Lipinski definition) is 6. The van der Waals surface area contributed by atoms with Gasteiger partial charge in [-0.05, 0) is 18.9 Å². The number of carbonyl (C=O) groups excluding carboxylic acids is 2. The van der Waals surface area contributed by atoms with Crippen LogP contribution in [-0.4, -0.2) is 44.0 Å². The van der Waals surface area contributed by atoms with Crippen molar-refractivity contribution >= 4 is 27.3 Å². The Hall–Kier alpha value is -2.49. The Morgan fingerprint density at radius 1 is 1.39 bits per heavy atom. The molecule has 0 aliphatic carbocycles. The Labute approximate surface area is 132 Å². The van der Waals surface area contributed by atoms with Gasteiger partial charge < -0.3 is 10.6 Å². The zero-order valence-electron chi connectivity index (χ0n) is 12.2. The minimum Gasteiger partial charge on any atom is -0.354 e. The molecule has 0 saturated carbocycles. The third-order valence-electron chi connectivity index (χ3n) is 3.38. The average molecular weight is 341 g/mol. The molecule has 1 aromatic rings. The number of nitro benzene ring substituents is 1. The number of nitrogens with zero attached hydrogens (tertiary/aromatic N) is 1. The molecule has 124 valence electrons. The van der Waals surface area contributed by atoms with Crippen LogP contribution in [0.5, 0.6) is 0 Å².